The van der Waals surface area contributed by atoms with Crippen LogP contribution >= 0.6 is 31.9 Å². The molecular formula is C14H12Br2O2. The second-order valence-corrected chi connectivity index (χ2v) is 7.70. The summed E-state index contributed by atoms with van der Waals surface area (Å²) in [5.41, 5.74) is 1.70. The third-order valence-corrected chi connectivity index (χ3v) is 3.76. The lowest BCUT2D eigenvalue weighted by Gasteiger charge is -2.24. The highest BCUT2D eigenvalue weighted by Crippen LogP contribution is 2.40. The Balaban J connectivity index is 2.42. The van der Waals surface area contributed by atoms with Crippen molar-refractivity contribution in [1.82, 2.24) is 0 Å². The van der Waals surface area contributed by atoms with Crippen LogP contribution < -0.4 is 0 Å². The van der Waals surface area contributed by atoms with Gasteiger partial charge in [0, 0.05) is 11.5 Å². The zero-order valence-electron chi connectivity index (χ0n) is 9.77. The predicted molar refractivity (Wildman–Crippen MR) is 79.0 cm³/mol. The molecule has 0 radical (unpaired) electrons. The normalized spacial score (nSPS) is 21.3. The van der Waals surface area contributed by atoms with E-state index in [0.29, 0.717) is 5.57 Å². The van der Waals surface area contributed by atoms with Gasteiger partial charge in [-0.3, -0.25) is 0 Å². The third-order valence-electron chi connectivity index (χ3n) is 2.77. The maximum absolute atomic E-state index is 11.9. The molecule has 1 aromatic rings. The minimum atomic E-state index is -0.477. The highest BCUT2D eigenvalue weighted by atomic mass is 79.9. The molecule has 2 rings (SSSR count). The molecule has 1 unspecified atom stereocenters. The summed E-state index contributed by atoms with van der Waals surface area (Å²) < 4.78 is 4.37. The average Bonchev–Trinajstić information content (AvgIpc) is 2.38. The first-order valence-corrected chi connectivity index (χ1v) is 7.05. The van der Waals surface area contributed by atoms with Crippen molar-refractivity contribution in [3.05, 3.63) is 59.7 Å². The van der Waals surface area contributed by atoms with E-state index in [1.165, 1.54) is 7.11 Å². The van der Waals surface area contributed by atoms with Crippen LogP contribution in [0.4, 0.5) is 0 Å². The van der Waals surface area contributed by atoms with Gasteiger partial charge in [0.25, 0.3) is 0 Å². The first-order valence-electron chi connectivity index (χ1n) is 5.47. The molecule has 1 aromatic carbocycles. The van der Waals surface area contributed by atoms with E-state index in [1.54, 1.807) is 0 Å². The molecule has 0 fully saturated rings. The standard InChI is InChI=1S/C14H12Br2O2/c1-18-13(17)12-9-14(15,16)8-7-11(12)10-5-3-2-4-6-10/h2-9,11H,1H3. The van der Waals surface area contributed by atoms with Crippen LogP contribution in [0.5, 0.6) is 0 Å². The molecule has 0 aliphatic heterocycles. The van der Waals surface area contributed by atoms with Gasteiger partial charge in [-0.2, -0.15) is 0 Å². The molecule has 18 heavy (non-hydrogen) atoms. The molecule has 0 saturated carbocycles. The Morgan fingerprint density at radius 3 is 2.56 bits per heavy atom. The lowest BCUT2D eigenvalue weighted by molar-refractivity contribution is -0.136. The minimum Gasteiger partial charge on any atom is -0.466 e. The molecule has 0 bridgehead atoms. The Hall–Kier alpha value is -0.870. The summed E-state index contributed by atoms with van der Waals surface area (Å²) in [4.78, 5) is 11.9. The van der Waals surface area contributed by atoms with Crippen molar-refractivity contribution in [2.75, 3.05) is 7.11 Å². The third kappa shape index (κ3) is 2.93. The van der Waals surface area contributed by atoms with Gasteiger partial charge in [-0.25, -0.2) is 4.79 Å². The molecule has 2 nitrogen and oxygen atoms in total. The van der Waals surface area contributed by atoms with Crippen LogP contribution in [0.3, 0.4) is 0 Å². The summed E-state index contributed by atoms with van der Waals surface area (Å²) in [6.45, 7) is 0. The van der Waals surface area contributed by atoms with Crippen LogP contribution in [0.2, 0.25) is 0 Å². The molecule has 0 heterocycles. The van der Waals surface area contributed by atoms with E-state index in [0.717, 1.165) is 5.56 Å². The van der Waals surface area contributed by atoms with Crippen LogP contribution in [-0.2, 0) is 9.53 Å². The van der Waals surface area contributed by atoms with Crippen molar-refractivity contribution in [3.8, 4) is 0 Å². The van der Waals surface area contributed by atoms with Crippen molar-refractivity contribution in [3.63, 3.8) is 0 Å². The summed E-state index contributed by atoms with van der Waals surface area (Å²) in [5, 5.41) is 0. The number of halogens is 2. The molecule has 0 amide bonds. The Morgan fingerprint density at radius 2 is 1.94 bits per heavy atom. The fraction of sp³-hybridized carbons (Fsp3) is 0.214. The largest absolute Gasteiger partial charge is 0.466 e. The van der Waals surface area contributed by atoms with E-state index in [2.05, 4.69) is 31.9 Å². The number of carbonyl (C=O) groups is 1. The quantitative estimate of drug-likeness (QED) is 0.447. The zero-order chi connectivity index (χ0) is 13.2. The lowest BCUT2D eigenvalue weighted by atomic mass is 9.87. The van der Waals surface area contributed by atoms with Gasteiger partial charge in [0.15, 0.2) is 0 Å². The zero-order valence-corrected chi connectivity index (χ0v) is 12.9. The number of alkyl halides is 2. The van der Waals surface area contributed by atoms with Crippen molar-refractivity contribution in [2.45, 2.75) is 9.15 Å². The van der Waals surface area contributed by atoms with Gasteiger partial charge in [0.2, 0.25) is 0 Å². The number of ether oxygens (including phenoxy) is 1. The smallest absolute Gasteiger partial charge is 0.334 e. The molecule has 0 N–H and O–H groups in total. The molecule has 1 aliphatic rings. The number of methoxy groups -OCH3 is 1. The number of hydrogen-bond acceptors (Lipinski definition) is 2. The number of allylic oxidation sites excluding steroid dienone is 3. The van der Waals surface area contributed by atoms with Crippen molar-refractivity contribution < 1.29 is 9.53 Å². The van der Waals surface area contributed by atoms with Gasteiger partial charge in [-0.15, -0.1) is 0 Å². The second kappa shape index (κ2) is 5.41. The summed E-state index contributed by atoms with van der Waals surface area (Å²) >= 11 is 6.95. The van der Waals surface area contributed by atoms with Crippen LogP contribution in [0.15, 0.2) is 54.1 Å². The Bertz CT molecular complexity index is 504. The van der Waals surface area contributed by atoms with Crippen molar-refractivity contribution in [2.24, 2.45) is 0 Å². The number of esters is 1. The minimum absolute atomic E-state index is 0.0677. The summed E-state index contributed by atoms with van der Waals surface area (Å²) in [5.74, 6) is -0.377. The SMILES string of the molecule is COC(=O)C1=CC(Br)(Br)C=CC1c1ccccc1. The van der Waals surface area contributed by atoms with E-state index in [9.17, 15) is 4.79 Å². The molecular weight excluding hydrogens is 360 g/mol. The first kappa shape index (κ1) is 13.6. The number of benzene rings is 1. The predicted octanol–water partition coefficient (Wildman–Crippen LogP) is 3.93. The number of rotatable bonds is 2. The van der Waals surface area contributed by atoms with E-state index in [4.69, 9.17) is 4.74 Å². The second-order valence-electron chi connectivity index (χ2n) is 4.01. The van der Waals surface area contributed by atoms with Gasteiger partial charge in [-0.05, 0) is 11.6 Å². The van der Waals surface area contributed by atoms with Crippen molar-refractivity contribution >= 4 is 37.8 Å². The van der Waals surface area contributed by atoms with E-state index in [-0.39, 0.29) is 11.9 Å². The number of carbonyl (C=O) groups excluding carboxylic acids is 1. The Morgan fingerprint density at radius 1 is 1.28 bits per heavy atom. The highest BCUT2D eigenvalue weighted by molar-refractivity contribution is 9.25. The average molecular weight is 372 g/mol. The molecule has 0 spiro atoms. The first-order chi connectivity index (χ1) is 8.53. The number of hydrogen-bond donors (Lipinski definition) is 0. The fourth-order valence-corrected chi connectivity index (χ4v) is 2.73. The summed E-state index contributed by atoms with van der Waals surface area (Å²) in [6, 6.07) is 9.88. The Kier molecular flexibility index (Phi) is 4.07. The van der Waals surface area contributed by atoms with Crippen LogP contribution in [0.25, 0.3) is 0 Å². The molecule has 1 aliphatic carbocycles. The molecule has 94 valence electrons. The van der Waals surface area contributed by atoms with E-state index < -0.39 is 3.23 Å². The van der Waals surface area contributed by atoms with Crippen LogP contribution in [0, 0.1) is 0 Å². The topological polar surface area (TPSA) is 26.3 Å². The monoisotopic (exact) mass is 370 g/mol. The Labute approximate surface area is 123 Å². The molecule has 4 heteroatoms. The maximum Gasteiger partial charge on any atom is 0.334 e. The van der Waals surface area contributed by atoms with E-state index in [1.807, 2.05) is 48.6 Å². The molecule has 0 aromatic heterocycles. The summed E-state index contributed by atoms with van der Waals surface area (Å²) in [7, 11) is 1.40. The molecule has 1 atom stereocenters. The van der Waals surface area contributed by atoms with Crippen LogP contribution in [0.1, 0.15) is 11.5 Å². The maximum atomic E-state index is 11.9. The van der Waals surface area contributed by atoms with Crippen molar-refractivity contribution in [1.29, 1.82) is 0 Å². The highest BCUT2D eigenvalue weighted by Gasteiger charge is 2.30. The molecule has 0 saturated heterocycles. The van der Waals surface area contributed by atoms with Gasteiger partial charge in [0.1, 0.15) is 3.23 Å². The van der Waals surface area contributed by atoms with Crippen LogP contribution in [-0.4, -0.2) is 16.3 Å². The van der Waals surface area contributed by atoms with Gasteiger partial charge in [0.05, 0.1) is 7.11 Å². The summed E-state index contributed by atoms with van der Waals surface area (Å²) in [6.07, 6.45) is 5.79. The van der Waals surface area contributed by atoms with Gasteiger partial charge >= 0.3 is 5.97 Å². The van der Waals surface area contributed by atoms with E-state index >= 15 is 0 Å². The fourth-order valence-electron chi connectivity index (χ4n) is 1.93. The van der Waals surface area contributed by atoms with Gasteiger partial charge < -0.3 is 4.74 Å². The lowest BCUT2D eigenvalue weighted by Crippen LogP contribution is -2.20. The van der Waals surface area contributed by atoms with Gasteiger partial charge in [-0.1, -0.05) is 74.3 Å².